The van der Waals surface area contributed by atoms with Crippen molar-refractivity contribution in [2.45, 2.75) is 11.8 Å². The molecule has 0 unspecified atom stereocenters. The fourth-order valence-electron chi connectivity index (χ4n) is 0.704. The zero-order valence-corrected chi connectivity index (χ0v) is 7.47. The van der Waals surface area contributed by atoms with Gasteiger partial charge in [0.15, 0.2) is 0 Å². The van der Waals surface area contributed by atoms with Crippen molar-refractivity contribution < 1.29 is 9.62 Å². The molecular weight excluding hydrogens is 176 g/mol. The van der Waals surface area contributed by atoms with E-state index in [1.54, 1.807) is 6.26 Å². The number of rotatable bonds is 3. The molecule has 0 aliphatic rings. The quantitative estimate of drug-likeness (QED) is 0.246. The first-order chi connectivity index (χ1) is 5.74. The summed E-state index contributed by atoms with van der Waals surface area (Å²) in [6.07, 6.45) is 1.62. The minimum atomic E-state index is 0.209. The molecule has 3 N–H and O–H groups in total. The second-order valence-electron chi connectivity index (χ2n) is 2.22. The molecule has 0 fully saturated rings. The van der Waals surface area contributed by atoms with Crippen LogP contribution in [0.5, 0.6) is 0 Å². The fraction of sp³-hybridized carbons (Fsp3) is 0.286. The van der Waals surface area contributed by atoms with Crippen molar-refractivity contribution >= 4 is 17.6 Å². The molecule has 1 rings (SSSR count). The molecule has 0 saturated heterocycles. The number of thioether (sulfide) groups is 1. The summed E-state index contributed by atoms with van der Waals surface area (Å²) in [7, 11) is 0. The summed E-state index contributed by atoms with van der Waals surface area (Å²) >= 11 is 1.48. The summed E-state index contributed by atoms with van der Waals surface area (Å²) in [6, 6.07) is 1.85. The average Bonchev–Trinajstić information content (AvgIpc) is 2.47. The van der Waals surface area contributed by atoms with Gasteiger partial charge in [-0.25, -0.2) is 0 Å². The molecule has 5 heteroatoms. The number of oxime groups is 1. The van der Waals surface area contributed by atoms with E-state index in [2.05, 4.69) is 5.16 Å². The Morgan fingerprint density at radius 1 is 1.83 bits per heavy atom. The third-order valence-corrected chi connectivity index (χ3v) is 2.49. The maximum absolute atomic E-state index is 8.26. The molecule has 1 heterocycles. The lowest BCUT2D eigenvalue weighted by Crippen LogP contribution is -2.13. The highest BCUT2D eigenvalue weighted by molar-refractivity contribution is 8.00. The maximum atomic E-state index is 8.26. The van der Waals surface area contributed by atoms with E-state index in [9.17, 15) is 0 Å². The number of hydrogen-bond acceptors (Lipinski definition) is 4. The summed E-state index contributed by atoms with van der Waals surface area (Å²) in [5, 5.41) is 11.1. The van der Waals surface area contributed by atoms with Crippen LogP contribution in [0.15, 0.2) is 26.8 Å². The van der Waals surface area contributed by atoms with Crippen molar-refractivity contribution in [1.29, 1.82) is 0 Å². The molecule has 0 aliphatic carbocycles. The standard InChI is InChI=1S/C7H10N2O2S/c1-5-6(2-3-11-5)12-4-7(8)9-10/h2-3,10H,4H2,1H3,(H2,8,9). The molecular formula is C7H10N2O2S. The molecule has 12 heavy (non-hydrogen) atoms. The Kier molecular flexibility index (Phi) is 3.04. The van der Waals surface area contributed by atoms with Gasteiger partial charge in [-0.05, 0) is 13.0 Å². The molecule has 0 radical (unpaired) electrons. The zero-order valence-electron chi connectivity index (χ0n) is 6.65. The number of nitrogens with zero attached hydrogens (tertiary/aromatic N) is 1. The van der Waals surface area contributed by atoms with E-state index in [-0.39, 0.29) is 5.84 Å². The second-order valence-corrected chi connectivity index (χ2v) is 3.24. The smallest absolute Gasteiger partial charge is 0.149 e. The van der Waals surface area contributed by atoms with Crippen molar-refractivity contribution in [3.05, 3.63) is 18.1 Å². The Morgan fingerprint density at radius 2 is 2.58 bits per heavy atom. The van der Waals surface area contributed by atoms with Crippen molar-refractivity contribution in [2.75, 3.05) is 5.75 Å². The minimum absolute atomic E-state index is 0.209. The van der Waals surface area contributed by atoms with Crippen LogP contribution in [0.1, 0.15) is 5.76 Å². The molecule has 0 aliphatic heterocycles. The highest BCUT2D eigenvalue weighted by Gasteiger charge is 2.02. The van der Waals surface area contributed by atoms with E-state index in [1.807, 2.05) is 13.0 Å². The maximum Gasteiger partial charge on any atom is 0.149 e. The highest BCUT2D eigenvalue weighted by Crippen LogP contribution is 2.22. The molecule has 0 atom stereocenters. The van der Waals surface area contributed by atoms with Crippen molar-refractivity contribution in [1.82, 2.24) is 0 Å². The van der Waals surface area contributed by atoms with Gasteiger partial charge in [-0.1, -0.05) is 5.16 Å². The summed E-state index contributed by atoms with van der Waals surface area (Å²) in [4.78, 5) is 1.02. The Balaban J connectivity index is 2.49. The van der Waals surface area contributed by atoms with E-state index in [4.69, 9.17) is 15.4 Å². The Hall–Kier alpha value is -1.10. The van der Waals surface area contributed by atoms with Crippen molar-refractivity contribution in [3.63, 3.8) is 0 Å². The van der Waals surface area contributed by atoms with E-state index in [0.29, 0.717) is 5.75 Å². The van der Waals surface area contributed by atoms with Gasteiger partial charge in [0.25, 0.3) is 0 Å². The molecule has 1 aromatic rings. The van der Waals surface area contributed by atoms with Gasteiger partial charge in [-0.2, -0.15) is 0 Å². The zero-order chi connectivity index (χ0) is 8.97. The van der Waals surface area contributed by atoms with Gasteiger partial charge in [-0.15, -0.1) is 11.8 Å². The lowest BCUT2D eigenvalue weighted by atomic mass is 10.5. The predicted octanol–water partition coefficient (Wildman–Crippen LogP) is 1.43. The largest absolute Gasteiger partial charge is 0.468 e. The number of amidine groups is 1. The second kappa shape index (κ2) is 4.06. The van der Waals surface area contributed by atoms with Crippen LogP contribution in [-0.2, 0) is 0 Å². The Labute approximate surface area is 74.4 Å². The molecule has 0 saturated carbocycles. The Morgan fingerprint density at radius 3 is 3.08 bits per heavy atom. The van der Waals surface area contributed by atoms with Crippen LogP contribution in [0.25, 0.3) is 0 Å². The van der Waals surface area contributed by atoms with Gasteiger partial charge < -0.3 is 15.4 Å². The SMILES string of the molecule is Cc1occc1SC/C(N)=N/O. The molecule has 4 nitrogen and oxygen atoms in total. The van der Waals surface area contributed by atoms with Gasteiger partial charge >= 0.3 is 0 Å². The van der Waals surface area contributed by atoms with E-state index < -0.39 is 0 Å². The Bertz CT molecular complexity index is 283. The van der Waals surface area contributed by atoms with Gasteiger partial charge in [0, 0.05) is 4.90 Å². The molecule has 1 aromatic heterocycles. The van der Waals surface area contributed by atoms with Crippen LogP contribution in [-0.4, -0.2) is 16.8 Å². The van der Waals surface area contributed by atoms with Crippen molar-refractivity contribution in [3.8, 4) is 0 Å². The molecule has 0 spiro atoms. The van der Waals surface area contributed by atoms with Crippen LogP contribution in [0.4, 0.5) is 0 Å². The number of hydrogen-bond donors (Lipinski definition) is 2. The van der Waals surface area contributed by atoms with Crippen molar-refractivity contribution in [2.24, 2.45) is 10.9 Å². The first-order valence-corrected chi connectivity index (χ1v) is 4.36. The summed E-state index contributed by atoms with van der Waals surface area (Å²) in [6.45, 7) is 1.87. The van der Waals surface area contributed by atoms with E-state index in [0.717, 1.165) is 10.7 Å². The van der Waals surface area contributed by atoms with Crippen LogP contribution in [0, 0.1) is 6.92 Å². The minimum Gasteiger partial charge on any atom is -0.468 e. The van der Waals surface area contributed by atoms with Crippen LogP contribution < -0.4 is 5.73 Å². The monoisotopic (exact) mass is 186 g/mol. The van der Waals surface area contributed by atoms with Crippen LogP contribution in [0.3, 0.4) is 0 Å². The molecule has 0 amide bonds. The van der Waals surface area contributed by atoms with Crippen LogP contribution in [0.2, 0.25) is 0 Å². The number of furan rings is 1. The third kappa shape index (κ3) is 2.20. The third-order valence-electron chi connectivity index (χ3n) is 1.32. The van der Waals surface area contributed by atoms with E-state index >= 15 is 0 Å². The lowest BCUT2D eigenvalue weighted by molar-refractivity contribution is 0.318. The molecule has 0 aromatic carbocycles. The highest BCUT2D eigenvalue weighted by atomic mass is 32.2. The molecule has 0 bridgehead atoms. The van der Waals surface area contributed by atoms with Gasteiger partial charge in [0.1, 0.15) is 11.6 Å². The predicted molar refractivity (Wildman–Crippen MR) is 47.6 cm³/mol. The first-order valence-electron chi connectivity index (χ1n) is 3.37. The van der Waals surface area contributed by atoms with Gasteiger partial charge in [0.05, 0.1) is 12.0 Å². The summed E-state index contributed by atoms with van der Waals surface area (Å²) in [5.74, 6) is 1.53. The van der Waals surface area contributed by atoms with Gasteiger partial charge in [-0.3, -0.25) is 0 Å². The normalized spacial score (nSPS) is 11.9. The van der Waals surface area contributed by atoms with Crippen LogP contribution >= 0.6 is 11.8 Å². The average molecular weight is 186 g/mol. The van der Waals surface area contributed by atoms with E-state index in [1.165, 1.54) is 11.8 Å². The number of nitrogens with two attached hydrogens (primary N) is 1. The summed E-state index contributed by atoms with van der Waals surface area (Å²) < 4.78 is 5.07. The lowest BCUT2D eigenvalue weighted by Gasteiger charge is -1.96. The fourth-order valence-corrected chi connectivity index (χ4v) is 1.47. The van der Waals surface area contributed by atoms with Gasteiger partial charge in [0.2, 0.25) is 0 Å². The summed E-state index contributed by atoms with van der Waals surface area (Å²) in [5.41, 5.74) is 5.29. The molecule has 66 valence electrons. The number of aryl methyl sites for hydroxylation is 1. The topological polar surface area (TPSA) is 71.8 Å². The first kappa shape index (κ1) is 8.99.